The molecule has 1 aliphatic heterocycles. The van der Waals surface area contributed by atoms with Gasteiger partial charge in [-0.15, -0.1) is 12.4 Å². The smallest absolute Gasteiger partial charge is 0.398 e. The average molecular weight is 390 g/mol. The van der Waals surface area contributed by atoms with Gasteiger partial charge in [0.05, 0.1) is 12.1 Å². The standard InChI is InChI=1S/C12H12BrF3N2O2.ClH/c13-7-1-2-8(9(17)5-7)10(19)18-4-3-11(20,6-18)12(14,15)16;/h1-2,5,20H,3-4,6,17H2;1H. The Morgan fingerprint density at radius 3 is 2.52 bits per heavy atom. The van der Waals surface area contributed by atoms with Crippen LogP contribution in [-0.4, -0.2) is 40.8 Å². The second-order valence-corrected chi connectivity index (χ2v) is 5.65. The molecule has 1 fully saturated rings. The molecular formula is C12H13BrClF3N2O2. The van der Waals surface area contributed by atoms with Crippen LogP contribution in [0.2, 0.25) is 0 Å². The van der Waals surface area contributed by atoms with E-state index in [0.717, 1.165) is 4.90 Å². The molecule has 2 rings (SSSR count). The molecule has 1 amide bonds. The van der Waals surface area contributed by atoms with Gasteiger partial charge >= 0.3 is 6.18 Å². The first kappa shape index (κ1) is 18.1. The van der Waals surface area contributed by atoms with Gasteiger partial charge < -0.3 is 15.7 Å². The van der Waals surface area contributed by atoms with E-state index in [4.69, 9.17) is 5.73 Å². The maximum atomic E-state index is 12.7. The number of amides is 1. The molecule has 1 atom stereocenters. The van der Waals surface area contributed by atoms with Crippen LogP contribution in [0, 0.1) is 0 Å². The predicted molar refractivity (Wildman–Crippen MR) is 77.3 cm³/mol. The van der Waals surface area contributed by atoms with Crippen LogP contribution in [0.1, 0.15) is 16.8 Å². The largest absolute Gasteiger partial charge is 0.419 e. The Morgan fingerprint density at radius 2 is 2.05 bits per heavy atom. The molecule has 9 heteroatoms. The van der Waals surface area contributed by atoms with Gasteiger partial charge in [-0.1, -0.05) is 15.9 Å². The van der Waals surface area contributed by atoms with Crippen LogP contribution in [0.3, 0.4) is 0 Å². The number of alkyl halides is 3. The molecule has 4 nitrogen and oxygen atoms in total. The Morgan fingerprint density at radius 1 is 1.43 bits per heavy atom. The summed E-state index contributed by atoms with van der Waals surface area (Å²) in [6.07, 6.45) is -5.29. The van der Waals surface area contributed by atoms with Crippen LogP contribution in [-0.2, 0) is 0 Å². The van der Waals surface area contributed by atoms with Gasteiger partial charge in [0.15, 0.2) is 5.60 Å². The number of nitrogen functional groups attached to an aromatic ring is 1. The Hall–Kier alpha value is -0.990. The molecule has 1 aromatic rings. The zero-order valence-electron chi connectivity index (χ0n) is 10.7. The number of likely N-dealkylation sites (tertiary alicyclic amines) is 1. The molecule has 1 heterocycles. The van der Waals surface area contributed by atoms with E-state index in [1.165, 1.54) is 12.1 Å². The maximum absolute atomic E-state index is 12.7. The summed E-state index contributed by atoms with van der Waals surface area (Å²) in [6.45, 7) is -0.935. The van der Waals surface area contributed by atoms with Gasteiger partial charge in [0.25, 0.3) is 5.91 Å². The van der Waals surface area contributed by atoms with Crippen LogP contribution in [0.25, 0.3) is 0 Å². The second kappa shape index (κ2) is 6.02. The van der Waals surface area contributed by atoms with Crippen LogP contribution in [0.5, 0.6) is 0 Å². The quantitative estimate of drug-likeness (QED) is 0.726. The van der Waals surface area contributed by atoms with Crippen LogP contribution in [0.15, 0.2) is 22.7 Å². The topological polar surface area (TPSA) is 66.6 Å². The third kappa shape index (κ3) is 3.44. The van der Waals surface area contributed by atoms with Gasteiger partial charge in [0.2, 0.25) is 0 Å². The van der Waals surface area contributed by atoms with Gasteiger partial charge in [-0.05, 0) is 18.2 Å². The van der Waals surface area contributed by atoms with Crippen molar-refractivity contribution in [1.82, 2.24) is 4.90 Å². The molecule has 3 N–H and O–H groups in total. The monoisotopic (exact) mass is 388 g/mol. The highest BCUT2D eigenvalue weighted by molar-refractivity contribution is 9.10. The summed E-state index contributed by atoms with van der Waals surface area (Å²) >= 11 is 3.18. The van der Waals surface area contributed by atoms with Gasteiger partial charge in [0.1, 0.15) is 0 Å². The van der Waals surface area contributed by atoms with Crippen LogP contribution in [0.4, 0.5) is 18.9 Å². The van der Waals surface area contributed by atoms with E-state index in [1.54, 1.807) is 6.07 Å². The molecule has 0 spiro atoms. The number of β-amino-alcohol motifs (C(OH)–C–C–N with tert-alkyl or cyclic N) is 1. The summed E-state index contributed by atoms with van der Waals surface area (Å²) in [6, 6.07) is 4.52. The number of hydrogen-bond acceptors (Lipinski definition) is 3. The number of rotatable bonds is 1. The molecule has 1 aromatic carbocycles. The number of carbonyl (C=O) groups excluding carboxylic acids is 1. The van der Waals surface area contributed by atoms with Crippen LogP contribution >= 0.6 is 28.3 Å². The molecule has 0 saturated carbocycles. The van der Waals surface area contributed by atoms with Crippen molar-refractivity contribution < 1.29 is 23.1 Å². The molecule has 0 aliphatic carbocycles. The maximum Gasteiger partial charge on any atom is 0.419 e. The first-order chi connectivity index (χ1) is 9.14. The summed E-state index contributed by atoms with van der Waals surface area (Å²) in [7, 11) is 0. The third-order valence-corrected chi connectivity index (χ3v) is 3.80. The second-order valence-electron chi connectivity index (χ2n) is 4.74. The summed E-state index contributed by atoms with van der Waals surface area (Å²) in [4.78, 5) is 13.1. The minimum atomic E-state index is -4.76. The molecule has 0 bridgehead atoms. The van der Waals surface area contributed by atoms with Crippen molar-refractivity contribution in [3.63, 3.8) is 0 Å². The highest BCUT2D eigenvalue weighted by atomic mass is 79.9. The van der Waals surface area contributed by atoms with Crippen molar-refractivity contribution >= 4 is 39.9 Å². The lowest BCUT2D eigenvalue weighted by atomic mass is 10.0. The van der Waals surface area contributed by atoms with Crippen molar-refractivity contribution in [3.05, 3.63) is 28.2 Å². The molecular weight excluding hydrogens is 376 g/mol. The number of hydrogen-bond donors (Lipinski definition) is 2. The Labute approximate surface area is 133 Å². The number of benzene rings is 1. The van der Waals surface area contributed by atoms with E-state index < -0.39 is 30.7 Å². The van der Waals surface area contributed by atoms with Gasteiger partial charge in [0, 0.05) is 23.1 Å². The third-order valence-electron chi connectivity index (χ3n) is 3.31. The Balaban J connectivity index is 0.00000220. The SMILES string of the molecule is Cl.Nc1cc(Br)ccc1C(=O)N1CCC(O)(C(F)(F)F)C1. The minimum absolute atomic E-state index is 0. The average Bonchev–Trinajstić information content (AvgIpc) is 2.72. The van der Waals surface area contributed by atoms with Crippen LogP contribution < -0.4 is 5.73 Å². The Bertz CT molecular complexity index is 556. The fourth-order valence-electron chi connectivity index (χ4n) is 2.10. The first-order valence-electron chi connectivity index (χ1n) is 5.77. The molecule has 0 radical (unpaired) electrons. The summed E-state index contributed by atoms with van der Waals surface area (Å²) in [5.74, 6) is -0.616. The number of carbonyl (C=O) groups is 1. The van der Waals surface area contributed by atoms with E-state index in [9.17, 15) is 23.1 Å². The fraction of sp³-hybridized carbons (Fsp3) is 0.417. The Kier molecular flexibility index (Phi) is 5.18. The first-order valence-corrected chi connectivity index (χ1v) is 6.57. The number of nitrogens with zero attached hydrogens (tertiary/aromatic N) is 1. The van der Waals surface area contributed by atoms with E-state index in [-0.39, 0.29) is 30.2 Å². The van der Waals surface area contributed by atoms with Crippen molar-refractivity contribution in [2.45, 2.75) is 18.2 Å². The molecule has 118 valence electrons. The molecule has 1 unspecified atom stereocenters. The summed E-state index contributed by atoms with van der Waals surface area (Å²) < 4.78 is 38.8. The van der Waals surface area contributed by atoms with Crippen molar-refractivity contribution in [1.29, 1.82) is 0 Å². The molecule has 0 aromatic heterocycles. The normalized spacial score (nSPS) is 22.0. The van der Waals surface area contributed by atoms with Gasteiger partial charge in [-0.25, -0.2) is 0 Å². The van der Waals surface area contributed by atoms with E-state index in [1.807, 2.05) is 0 Å². The number of aliphatic hydroxyl groups is 1. The minimum Gasteiger partial charge on any atom is -0.398 e. The summed E-state index contributed by atoms with van der Waals surface area (Å²) in [5.41, 5.74) is 3.14. The number of anilines is 1. The van der Waals surface area contributed by atoms with Crippen molar-refractivity contribution in [3.8, 4) is 0 Å². The molecule has 1 saturated heterocycles. The summed E-state index contributed by atoms with van der Waals surface area (Å²) in [5, 5.41) is 9.55. The molecule has 21 heavy (non-hydrogen) atoms. The lowest BCUT2D eigenvalue weighted by molar-refractivity contribution is -0.253. The zero-order valence-corrected chi connectivity index (χ0v) is 13.1. The predicted octanol–water partition coefficient (Wildman–Crippen LogP) is 2.59. The number of nitrogens with two attached hydrogens (primary N) is 1. The fourth-order valence-corrected chi connectivity index (χ4v) is 2.48. The van der Waals surface area contributed by atoms with Gasteiger partial charge in [-0.3, -0.25) is 4.79 Å². The lowest BCUT2D eigenvalue weighted by Crippen LogP contribution is -2.48. The van der Waals surface area contributed by atoms with Gasteiger partial charge in [-0.2, -0.15) is 13.2 Å². The molecule has 1 aliphatic rings. The van der Waals surface area contributed by atoms with E-state index in [2.05, 4.69) is 15.9 Å². The van der Waals surface area contributed by atoms with Crippen molar-refractivity contribution in [2.75, 3.05) is 18.8 Å². The highest BCUT2D eigenvalue weighted by Crippen LogP contribution is 2.38. The number of halogens is 5. The highest BCUT2D eigenvalue weighted by Gasteiger charge is 2.57. The van der Waals surface area contributed by atoms with E-state index in [0.29, 0.717) is 4.47 Å². The zero-order chi connectivity index (χ0) is 15.1. The van der Waals surface area contributed by atoms with Crippen molar-refractivity contribution in [2.24, 2.45) is 0 Å². The van der Waals surface area contributed by atoms with E-state index >= 15 is 0 Å². The lowest BCUT2D eigenvalue weighted by Gasteiger charge is -2.26.